The van der Waals surface area contributed by atoms with Crippen LogP contribution in [-0.4, -0.2) is 124 Å². The SMILES string of the molecule is COc1ccc2c(c1F)C(=O)N(C[C@@]1(c3cc4c(F)cnc(C)c4o3)NC(=O)NC1=O)C2.COc1ccc2c(c1F)C(=O)N(C[C@@]1(c3cc4cc(F)c(C)nc4o3)NC(=O)NC1=O)C2.COc1ccc2c(c1F)C(=O)N(C[C@@]1(c3cc4nc(C)c(F)cc4o3)NC(=O)NC1=O)C2. The van der Waals surface area contributed by atoms with Crippen molar-refractivity contribution in [3.63, 3.8) is 0 Å². The van der Waals surface area contributed by atoms with Crippen molar-refractivity contribution in [3.05, 3.63) is 176 Å². The first kappa shape index (κ1) is 62.7. The van der Waals surface area contributed by atoms with Crippen molar-refractivity contribution < 1.29 is 97.0 Å². The maximum atomic E-state index is 14.7. The van der Waals surface area contributed by atoms with Gasteiger partial charge in [-0.05, 0) is 73.9 Å². The van der Waals surface area contributed by atoms with Crippen LogP contribution in [0.15, 0.2) is 86.2 Å². The molecule has 0 aliphatic carbocycles. The van der Waals surface area contributed by atoms with Gasteiger partial charge >= 0.3 is 18.1 Å². The van der Waals surface area contributed by atoms with Crippen LogP contribution in [0, 0.1) is 55.7 Å². The number of aromatic nitrogens is 3. The van der Waals surface area contributed by atoms with Crippen molar-refractivity contribution in [3.8, 4) is 17.2 Å². The van der Waals surface area contributed by atoms with E-state index >= 15 is 0 Å². The summed E-state index contributed by atoms with van der Waals surface area (Å²) < 4.78 is 118. The summed E-state index contributed by atoms with van der Waals surface area (Å²) in [7, 11) is 3.86. The van der Waals surface area contributed by atoms with Crippen LogP contribution in [0.2, 0.25) is 0 Å². The van der Waals surface area contributed by atoms with Gasteiger partial charge in [-0.1, -0.05) is 18.2 Å². The second-order valence-corrected chi connectivity index (χ2v) is 22.9. The summed E-state index contributed by atoms with van der Waals surface area (Å²) in [6.45, 7) is 3.49. The van der Waals surface area contributed by atoms with E-state index < -0.39 is 105 Å². The number of fused-ring (bicyclic) bond motifs is 6. The summed E-state index contributed by atoms with van der Waals surface area (Å²) in [5, 5.41) is 14.3. The molecular weight excluding hydrogens is 1280 g/mol. The molecule has 0 unspecified atom stereocenters. The molecular formula is C63H48F6N12O15. The molecule has 492 valence electrons. The number of benzene rings is 3. The highest BCUT2D eigenvalue weighted by molar-refractivity contribution is 6.11. The summed E-state index contributed by atoms with van der Waals surface area (Å²) >= 11 is 0. The molecule has 0 bridgehead atoms. The fourth-order valence-electron chi connectivity index (χ4n) is 12.3. The number of urea groups is 3. The number of furan rings is 3. The number of carbonyl (C=O) groups excluding carboxylic acids is 9. The maximum Gasteiger partial charge on any atom is 0.322 e. The number of methoxy groups -OCH3 is 3. The Morgan fingerprint density at radius 2 is 0.885 bits per heavy atom. The Kier molecular flexibility index (Phi) is 15.0. The average molecular weight is 1330 g/mol. The largest absolute Gasteiger partial charge is 0.494 e. The van der Waals surface area contributed by atoms with Crippen LogP contribution in [0.25, 0.3) is 33.2 Å². The van der Waals surface area contributed by atoms with E-state index in [0.717, 1.165) is 12.3 Å². The third-order valence-electron chi connectivity index (χ3n) is 17.2. The van der Waals surface area contributed by atoms with Gasteiger partial charge in [-0.2, -0.15) is 0 Å². The number of ether oxygens (including phenoxy) is 3. The van der Waals surface area contributed by atoms with E-state index in [2.05, 4.69) is 46.9 Å². The van der Waals surface area contributed by atoms with E-state index in [-0.39, 0.29) is 135 Å². The van der Waals surface area contributed by atoms with Gasteiger partial charge in [0.1, 0.15) is 34.4 Å². The van der Waals surface area contributed by atoms with Gasteiger partial charge in [-0.25, -0.2) is 50.7 Å². The number of imide groups is 3. The number of carbonyl (C=O) groups is 9. The zero-order chi connectivity index (χ0) is 68.4. The van der Waals surface area contributed by atoms with E-state index in [9.17, 15) is 69.5 Å². The van der Waals surface area contributed by atoms with Crippen molar-refractivity contribution in [1.82, 2.24) is 61.6 Å². The Hall–Kier alpha value is -12.1. The Labute approximate surface area is 534 Å². The van der Waals surface area contributed by atoms with Crippen molar-refractivity contribution in [1.29, 1.82) is 0 Å². The van der Waals surface area contributed by atoms with Gasteiger partial charge in [0.05, 0.1) is 86.3 Å². The number of halogens is 6. The summed E-state index contributed by atoms with van der Waals surface area (Å²) in [5.41, 5.74) is -3.56. The minimum atomic E-state index is -1.84. The fraction of sp³-hybridized carbons (Fsp3) is 0.238. The molecule has 6 aromatic heterocycles. The Bertz CT molecular complexity index is 4660. The predicted octanol–water partition coefficient (Wildman–Crippen LogP) is 6.34. The lowest BCUT2D eigenvalue weighted by Gasteiger charge is -2.29. The molecule has 15 rings (SSSR count). The minimum absolute atomic E-state index is 0.00481. The highest BCUT2D eigenvalue weighted by Gasteiger charge is 2.56. The number of amides is 12. The molecule has 0 saturated carbocycles. The summed E-state index contributed by atoms with van der Waals surface area (Å²) in [5.74, 6) is -8.94. The number of rotatable bonds is 12. The second kappa shape index (κ2) is 22.9. The molecule has 12 heterocycles. The van der Waals surface area contributed by atoms with Crippen LogP contribution < -0.4 is 46.1 Å². The molecule has 9 aromatic rings. The van der Waals surface area contributed by atoms with E-state index in [1.54, 1.807) is 25.1 Å². The number of pyridine rings is 3. The number of hydrogen-bond acceptors (Lipinski definition) is 18. The second-order valence-electron chi connectivity index (χ2n) is 22.9. The molecule has 12 amide bonds. The van der Waals surface area contributed by atoms with Gasteiger partial charge in [0.2, 0.25) is 5.71 Å². The predicted molar refractivity (Wildman–Crippen MR) is 314 cm³/mol. The molecule has 27 nitrogen and oxygen atoms in total. The van der Waals surface area contributed by atoms with Crippen molar-refractivity contribution >= 4 is 86.7 Å². The molecule has 3 atom stereocenters. The molecule has 6 N–H and O–H groups in total. The van der Waals surface area contributed by atoms with Gasteiger partial charge in [0, 0.05) is 37.2 Å². The van der Waals surface area contributed by atoms with Gasteiger partial charge in [-0.3, -0.25) is 49.7 Å². The van der Waals surface area contributed by atoms with E-state index in [4.69, 9.17) is 27.5 Å². The Morgan fingerprint density at radius 3 is 1.29 bits per heavy atom. The van der Waals surface area contributed by atoms with Crippen molar-refractivity contribution in [2.24, 2.45) is 0 Å². The standard InChI is InChI=1S/3C21H16F2N4O5/c1-9-17-11(12(22)6-24-9)5-14(32-17)21(19(29)25-20(30)26-21)8-27-7-10-3-4-13(31-2)16(23)15(10)18(27)28;1-9-11(22)5-14-12(24-9)6-15(32-14)21(19(29)25-20(30)26-21)8-27-7-10-3-4-13(31-2)17(23)16(10)18(27)28;1-9-12(22)5-11-6-14(32-17(11)24-9)21(19(29)25-20(30)26-21)8-27-7-10-3-4-13(31-2)16(23)15(10)18(27)28/h3*3-6H,7-8H2,1-2H3,(H2,25,26,29,30)/t3*21-/m000/s1. The van der Waals surface area contributed by atoms with E-state index in [1.807, 2.05) is 0 Å². The monoisotopic (exact) mass is 1330 g/mol. The van der Waals surface area contributed by atoms with Crippen LogP contribution in [0.4, 0.5) is 40.7 Å². The molecule has 33 heteroatoms. The first-order valence-corrected chi connectivity index (χ1v) is 28.8. The fourth-order valence-corrected chi connectivity index (χ4v) is 12.3. The highest BCUT2D eigenvalue weighted by atomic mass is 19.1. The minimum Gasteiger partial charge on any atom is -0.494 e. The lowest BCUT2D eigenvalue weighted by atomic mass is 9.95. The summed E-state index contributed by atoms with van der Waals surface area (Å²) in [4.78, 5) is 129. The number of aryl methyl sites for hydroxylation is 3. The van der Waals surface area contributed by atoms with Crippen LogP contribution in [0.5, 0.6) is 17.2 Å². The molecule has 3 aromatic carbocycles. The van der Waals surface area contributed by atoms with Crippen molar-refractivity contribution in [2.45, 2.75) is 57.0 Å². The third-order valence-corrected chi connectivity index (χ3v) is 17.2. The molecule has 3 saturated heterocycles. The zero-order valence-corrected chi connectivity index (χ0v) is 50.7. The zero-order valence-electron chi connectivity index (χ0n) is 50.7. The Morgan fingerprint density at radius 1 is 0.479 bits per heavy atom. The molecule has 0 radical (unpaired) electrons. The quantitative estimate of drug-likeness (QED) is 0.0574. The molecule has 0 spiro atoms. The van der Waals surface area contributed by atoms with Crippen LogP contribution in [0.3, 0.4) is 0 Å². The van der Waals surface area contributed by atoms with Gasteiger partial charge in [-0.15, -0.1) is 0 Å². The van der Waals surface area contributed by atoms with Crippen LogP contribution in [-0.2, 0) is 50.6 Å². The molecule has 6 aliphatic rings. The average Bonchev–Trinajstić information content (AvgIpc) is 1.60. The maximum absolute atomic E-state index is 14.7. The van der Waals surface area contributed by atoms with Gasteiger partial charge in [0.25, 0.3) is 35.4 Å². The lowest BCUT2D eigenvalue weighted by Crippen LogP contribution is -2.52. The van der Waals surface area contributed by atoms with E-state index in [1.165, 1.54) is 92.3 Å². The normalized spacial score (nSPS) is 20.0. The topological polar surface area (TPSA) is 341 Å². The number of hydrogen-bond donors (Lipinski definition) is 6. The van der Waals surface area contributed by atoms with Crippen molar-refractivity contribution in [2.75, 3.05) is 41.0 Å². The lowest BCUT2D eigenvalue weighted by molar-refractivity contribution is -0.126. The first-order valence-electron chi connectivity index (χ1n) is 28.8. The van der Waals surface area contributed by atoms with Crippen LogP contribution >= 0.6 is 0 Å². The molecule has 6 aliphatic heterocycles. The van der Waals surface area contributed by atoms with Crippen LogP contribution in [0.1, 0.15) is 82.1 Å². The summed E-state index contributed by atoms with van der Waals surface area (Å²) in [6, 6.07) is 12.9. The number of nitrogens with one attached hydrogen (secondary N) is 6. The number of nitrogens with zero attached hydrogens (tertiary/aromatic N) is 6. The molecule has 3 fully saturated rings. The van der Waals surface area contributed by atoms with Gasteiger partial charge in [0.15, 0.2) is 68.3 Å². The molecule has 96 heavy (non-hydrogen) atoms. The van der Waals surface area contributed by atoms with Gasteiger partial charge < -0.3 is 58.1 Å². The highest BCUT2D eigenvalue weighted by Crippen LogP contribution is 2.41. The van der Waals surface area contributed by atoms with E-state index in [0.29, 0.717) is 22.4 Å². The smallest absolute Gasteiger partial charge is 0.322 e. The summed E-state index contributed by atoms with van der Waals surface area (Å²) in [6.07, 6.45) is 1.02. The third kappa shape index (κ3) is 9.98. The first-order chi connectivity index (χ1) is 45.7. The Balaban J connectivity index is 0.000000130.